The number of aliphatic hydroxyl groups is 1. The Hall–Kier alpha value is -1.26. The molecule has 0 saturated carbocycles. The molecule has 0 aliphatic heterocycles. The van der Waals surface area contributed by atoms with Crippen LogP contribution in [0.15, 0.2) is 29.8 Å². The second-order valence-electron chi connectivity index (χ2n) is 3.00. The predicted octanol–water partition coefficient (Wildman–Crippen LogP) is 1.93. The molecule has 0 bridgehead atoms. The van der Waals surface area contributed by atoms with Crippen molar-refractivity contribution in [2.24, 2.45) is 0 Å². The fourth-order valence-corrected chi connectivity index (χ4v) is 1.85. The number of hydrogen-bond donors (Lipinski definition) is 1. The molecule has 72 valence electrons. The molecular weight excluding hydrogens is 196 g/mol. The average molecular weight is 206 g/mol. The van der Waals surface area contributed by atoms with Gasteiger partial charge in [-0.3, -0.25) is 4.98 Å². The summed E-state index contributed by atoms with van der Waals surface area (Å²) in [6, 6.07) is 5.51. The summed E-state index contributed by atoms with van der Waals surface area (Å²) in [5.74, 6) is 0. The first kappa shape index (κ1) is 9.30. The van der Waals surface area contributed by atoms with Crippen molar-refractivity contribution >= 4 is 11.5 Å². The van der Waals surface area contributed by atoms with E-state index in [0.717, 1.165) is 11.3 Å². The molecule has 2 aromatic rings. The molecular formula is C10H10N2OS. The standard InChI is InChI=1S/C10H10N2OS/c1-7-8(3-2-5-11-7)10(13)9-4-6-14-12-9/h2-6,10,13H,1H3. The number of aliphatic hydroxyl groups excluding tert-OH is 1. The number of pyridine rings is 1. The number of aryl methyl sites for hydroxylation is 1. The van der Waals surface area contributed by atoms with E-state index in [1.807, 2.05) is 30.5 Å². The Morgan fingerprint density at radius 3 is 2.93 bits per heavy atom. The van der Waals surface area contributed by atoms with E-state index in [2.05, 4.69) is 9.36 Å². The Morgan fingerprint density at radius 1 is 1.43 bits per heavy atom. The molecule has 3 nitrogen and oxygen atoms in total. The fourth-order valence-electron chi connectivity index (χ4n) is 1.31. The molecule has 1 unspecified atom stereocenters. The van der Waals surface area contributed by atoms with Crippen molar-refractivity contribution in [1.29, 1.82) is 0 Å². The number of aromatic nitrogens is 2. The zero-order valence-electron chi connectivity index (χ0n) is 7.71. The average Bonchev–Trinajstić information content (AvgIpc) is 2.70. The van der Waals surface area contributed by atoms with E-state index in [1.165, 1.54) is 11.5 Å². The van der Waals surface area contributed by atoms with Crippen LogP contribution in [0.25, 0.3) is 0 Å². The Balaban J connectivity index is 2.37. The zero-order chi connectivity index (χ0) is 9.97. The number of rotatable bonds is 2. The predicted molar refractivity (Wildman–Crippen MR) is 55.1 cm³/mol. The molecule has 0 aromatic carbocycles. The summed E-state index contributed by atoms with van der Waals surface area (Å²) in [4.78, 5) is 4.13. The van der Waals surface area contributed by atoms with E-state index >= 15 is 0 Å². The van der Waals surface area contributed by atoms with Crippen LogP contribution in [0.3, 0.4) is 0 Å². The van der Waals surface area contributed by atoms with Gasteiger partial charge in [0.05, 0.1) is 5.69 Å². The molecule has 0 amide bonds. The highest BCUT2D eigenvalue weighted by molar-refractivity contribution is 7.03. The summed E-state index contributed by atoms with van der Waals surface area (Å²) >= 11 is 1.34. The van der Waals surface area contributed by atoms with Gasteiger partial charge in [0.25, 0.3) is 0 Å². The van der Waals surface area contributed by atoms with Crippen LogP contribution in [0.4, 0.5) is 0 Å². The molecule has 0 aliphatic rings. The van der Waals surface area contributed by atoms with Gasteiger partial charge in [0.15, 0.2) is 0 Å². The second kappa shape index (κ2) is 3.86. The van der Waals surface area contributed by atoms with Crippen LogP contribution in [0.2, 0.25) is 0 Å². The fraction of sp³-hybridized carbons (Fsp3) is 0.200. The third kappa shape index (κ3) is 1.66. The van der Waals surface area contributed by atoms with E-state index in [9.17, 15) is 5.11 Å². The highest BCUT2D eigenvalue weighted by Crippen LogP contribution is 2.22. The van der Waals surface area contributed by atoms with Gasteiger partial charge in [-0.25, -0.2) is 0 Å². The van der Waals surface area contributed by atoms with Crippen molar-refractivity contribution in [1.82, 2.24) is 9.36 Å². The van der Waals surface area contributed by atoms with Crippen molar-refractivity contribution in [2.45, 2.75) is 13.0 Å². The first-order valence-corrected chi connectivity index (χ1v) is 5.12. The third-order valence-electron chi connectivity index (χ3n) is 2.08. The molecule has 2 rings (SSSR count). The lowest BCUT2D eigenvalue weighted by atomic mass is 10.1. The van der Waals surface area contributed by atoms with Crippen LogP contribution in [-0.2, 0) is 0 Å². The van der Waals surface area contributed by atoms with Gasteiger partial charge in [-0.1, -0.05) is 6.07 Å². The van der Waals surface area contributed by atoms with Gasteiger partial charge in [-0.05, 0) is 30.6 Å². The molecule has 4 heteroatoms. The normalized spacial score (nSPS) is 12.7. The van der Waals surface area contributed by atoms with Crippen molar-refractivity contribution in [3.05, 3.63) is 46.7 Å². The zero-order valence-corrected chi connectivity index (χ0v) is 8.53. The summed E-state index contributed by atoms with van der Waals surface area (Å²) in [5, 5.41) is 11.8. The maximum atomic E-state index is 9.97. The summed E-state index contributed by atoms with van der Waals surface area (Å²) < 4.78 is 4.10. The Labute approximate surface area is 86.2 Å². The molecule has 0 radical (unpaired) electrons. The van der Waals surface area contributed by atoms with Gasteiger partial charge >= 0.3 is 0 Å². The van der Waals surface area contributed by atoms with Crippen molar-refractivity contribution < 1.29 is 5.11 Å². The van der Waals surface area contributed by atoms with Gasteiger partial charge < -0.3 is 5.11 Å². The van der Waals surface area contributed by atoms with E-state index in [4.69, 9.17) is 0 Å². The van der Waals surface area contributed by atoms with E-state index in [-0.39, 0.29) is 0 Å². The first-order chi connectivity index (χ1) is 6.79. The first-order valence-electron chi connectivity index (χ1n) is 4.29. The van der Waals surface area contributed by atoms with Crippen LogP contribution in [-0.4, -0.2) is 14.5 Å². The van der Waals surface area contributed by atoms with Gasteiger partial charge in [0.1, 0.15) is 6.10 Å². The molecule has 0 fully saturated rings. The summed E-state index contributed by atoms with van der Waals surface area (Å²) in [5.41, 5.74) is 2.34. The maximum absolute atomic E-state index is 9.97. The molecule has 0 spiro atoms. The maximum Gasteiger partial charge on any atom is 0.124 e. The third-order valence-corrected chi connectivity index (χ3v) is 2.65. The smallest absolute Gasteiger partial charge is 0.124 e. The topological polar surface area (TPSA) is 46.0 Å². The van der Waals surface area contributed by atoms with Gasteiger partial charge in [0.2, 0.25) is 0 Å². The molecule has 2 aromatic heterocycles. The Kier molecular flexibility index (Phi) is 2.56. The lowest BCUT2D eigenvalue weighted by molar-refractivity contribution is 0.215. The van der Waals surface area contributed by atoms with Gasteiger partial charge in [-0.15, -0.1) is 0 Å². The summed E-state index contributed by atoms with van der Waals surface area (Å²) in [6.45, 7) is 1.88. The number of hydrogen-bond acceptors (Lipinski definition) is 4. The molecule has 2 heterocycles. The SMILES string of the molecule is Cc1ncccc1C(O)c1ccsn1. The lowest BCUT2D eigenvalue weighted by Crippen LogP contribution is -2.02. The quantitative estimate of drug-likeness (QED) is 0.816. The minimum atomic E-state index is -0.657. The monoisotopic (exact) mass is 206 g/mol. The Morgan fingerprint density at radius 2 is 2.29 bits per heavy atom. The van der Waals surface area contributed by atoms with E-state index in [0.29, 0.717) is 5.69 Å². The highest BCUT2D eigenvalue weighted by atomic mass is 32.1. The summed E-state index contributed by atoms with van der Waals surface area (Å²) in [6.07, 6.45) is 1.06. The van der Waals surface area contributed by atoms with Crippen LogP contribution in [0, 0.1) is 6.92 Å². The Bertz CT molecular complexity index is 414. The minimum Gasteiger partial charge on any atom is -0.382 e. The lowest BCUT2D eigenvalue weighted by Gasteiger charge is -2.09. The highest BCUT2D eigenvalue weighted by Gasteiger charge is 2.14. The van der Waals surface area contributed by atoms with Crippen LogP contribution < -0.4 is 0 Å². The second-order valence-corrected chi connectivity index (χ2v) is 3.67. The van der Waals surface area contributed by atoms with E-state index in [1.54, 1.807) is 6.20 Å². The van der Waals surface area contributed by atoms with Crippen molar-refractivity contribution in [3.63, 3.8) is 0 Å². The van der Waals surface area contributed by atoms with E-state index < -0.39 is 6.10 Å². The van der Waals surface area contributed by atoms with Gasteiger partial charge in [-0.2, -0.15) is 4.37 Å². The summed E-state index contributed by atoms with van der Waals surface area (Å²) in [7, 11) is 0. The van der Waals surface area contributed by atoms with Crippen molar-refractivity contribution in [2.75, 3.05) is 0 Å². The minimum absolute atomic E-state index is 0.657. The largest absolute Gasteiger partial charge is 0.382 e. The van der Waals surface area contributed by atoms with Crippen LogP contribution >= 0.6 is 11.5 Å². The molecule has 14 heavy (non-hydrogen) atoms. The van der Waals surface area contributed by atoms with Gasteiger partial charge in [0, 0.05) is 22.8 Å². The number of nitrogens with zero attached hydrogens (tertiary/aromatic N) is 2. The molecule has 0 aliphatic carbocycles. The van der Waals surface area contributed by atoms with Crippen LogP contribution in [0.5, 0.6) is 0 Å². The van der Waals surface area contributed by atoms with Crippen LogP contribution in [0.1, 0.15) is 23.1 Å². The van der Waals surface area contributed by atoms with Crippen molar-refractivity contribution in [3.8, 4) is 0 Å². The molecule has 1 atom stereocenters. The molecule has 1 N–H and O–H groups in total. The molecule has 0 saturated heterocycles.